The highest BCUT2D eigenvalue weighted by Crippen LogP contribution is 2.21. The molecule has 2 aromatic rings. The molecule has 3 heterocycles. The standard InChI is InChI=1S/C12H16N6S/c1-9-7-13-8-14-11(9)17-3-5-18(6-4-17)12-15-10(2)16-19-12/h7-8H,3-6H2,1-2H3. The molecule has 2 aromatic heterocycles. The highest BCUT2D eigenvalue weighted by molar-refractivity contribution is 7.09. The van der Waals surface area contributed by atoms with Gasteiger partial charge in [-0.25, -0.2) is 15.0 Å². The van der Waals surface area contributed by atoms with E-state index in [0.29, 0.717) is 0 Å². The van der Waals surface area contributed by atoms with E-state index in [4.69, 9.17) is 0 Å². The number of piperazine rings is 1. The molecule has 0 N–H and O–H groups in total. The Bertz CT molecular complexity index is 561. The summed E-state index contributed by atoms with van der Waals surface area (Å²) in [6.07, 6.45) is 3.48. The summed E-state index contributed by atoms with van der Waals surface area (Å²) in [6.45, 7) is 7.80. The van der Waals surface area contributed by atoms with Gasteiger partial charge in [0.15, 0.2) is 0 Å². The largest absolute Gasteiger partial charge is 0.353 e. The van der Waals surface area contributed by atoms with E-state index in [0.717, 1.165) is 48.5 Å². The molecule has 0 amide bonds. The van der Waals surface area contributed by atoms with Gasteiger partial charge in [0.25, 0.3) is 0 Å². The number of anilines is 2. The molecule has 0 aromatic carbocycles. The van der Waals surface area contributed by atoms with E-state index < -0.39 is 0 Å². The first-order valence-electron chi connectivity index (χ1n) is 6.31. The summed E-state index contributed by atoms with van der Waals surface area (Å²) in [7, 11) is 0. The molecule has 1 fully saturated rings. The van der Waals surface area contributed by atoms with Crippen molar-refractivity contribution in [3.63, 3.8) is 0 Å². The van der Waals surface area contributed by atoms with Crippen LogP contribution in [0.15, 0.2) is 12.5 Å². The van der Waals surface area contributed by atoms with Gasteiger partial charge in [-0.15, -0.1) is 0 Å². The van der Waals surface area contributed by atoms with E-state index in [-0.39, 0.29) is 0 Å². The molecule has 3 rings (SSSR count). The van der Waals surface area contributed by atoms with Gasteiger partial charge in [0.2, 0.25) is 5.13 Å². The van der Waals surface area contributed by atoms with Gasteiger partial charge >= 0.3 is 0 Å². The van der Waals surface area contributed by atoms with Crippen LogP contribution in [0.2, 0.25) is 0 Å². The Morgan fingerprint density at radius 1 is 1.11 bits per heavy atom. The lowest BCUT2D eigenvalue weighted by Crippen LogP contribution is -2.47. The Morgan fingerprint density at radius 2 is 1.84 bits per heavy atom. The summed E-state index contributed by atoms with van der Waals surface area (Å²) in [5.74, 6) is 1.90. The minimum Gasteiger partial charge on any atom is -0.353 e. The van der Waals surface area contributed by atoms with Crippen LogP contribution in [0.1, 0.15) is 11.4 Å². The zero-order valence-corrected chi connectivity index (χ0v) is 11.9. The quantitative estimate of drug-likeness (QED) is 0.823. The summed E-state index contributed by atoms with van der Waals surface area (Å²) < 4.78 is 4.24. The second kappa shape index (κ2) is 5.08. The van der Waals surface area contributed by atoms with Crippen LogP contribution in [0.3, 0.4) is 0 Å². The Labute approximate surface area is 116 Å². The number of aryl methyl sites for hydroxylation is 2. The summed E-state index contributed by atoms with van der Waals surface area (Å²) in [4.78, 5) is 17.5. The molecular formula is C12H16N6S. The van der Waals surface area contributed by atoms with Gasteiger partial charge in [0.1, 0.15) is 18.0 Å². The maximum atomic E-state index is 4.44. The molecule has 0 unspecified atom stereocenters. The van der Waals surface area contributed by atoms with Crippen LogP contribution in [-0.4, -0.2) is 45.5 Å². The smallest absolute Gasteiger partial charge is 0.205 e. The molecule has 100 valence electrons. The van der Waals surface area contributed by atoms with E-state index in [1.165, 1.54) is 11.5 Å². The van der Waals surface area contributed by atoms with Crippen molar-refractivity contribution < 1.29 is 0 Å². The predicted octanol–water partition coefficient (Wildman–Crippen LogP) is 1.27. The number of nitrogens with zero attached hydrogens (tertiary/aromatic N) is 6. The minimum atomic E-state index is 0.856. The van der Waals surface area contributed by atoms with Gasteiger partial charge in [-0.2, -0.15) is 4.37 Å². The van der Waals surface area contributed by atoms with Crippen molar-refractivity contribution >= 4 is 22.5 Å². The summed E-state index contributed by atoms with van der Waals surface area (Å²) in [5.41, 5.74) is 1.13. The Morgan fingerprint density at radius 3 is 2.47 bits per heavy atom. The van der Waals surface area contributed by atoms with E-state index >= 15 is 0 Å². The third-order valence-electron chi connectivity index (χ3n) is 3.23. The first-order chi connectivity index (χ1) is 9.24. The van der Waals surface area contributed by atoms with Crippen molar-refractivity contribution in [3.8, 4) is 0 Å². The Hall–Kier alpha value is -1.76. The van der Waals surface area contributed by atoms with Crippen molar-refractivity contribution in [1.29, 1.82) is 0 Å². The van der Waals surface area contributed by atoms with Crippen molar-refractivity contribution in [3.05, 3.63) is 23.9 Å². The van der Waals surface area contributed by atoms with Gasteiger partial charge in [0, 0.05) is 49.5 Å². The molecule has 1 saturated heterocycles. The minimum absolute atomic E-state index is 0.856. The fourth-order valence-electron chi connectivity index (χ4n) is 2.25. The molecule has 0 saturated carbocycles. The van der Waals surface area contributed by atoms with E-state index in [9.17, 15) is 0 Å². The molecule has 0 aliphatic carbocycles. The van der Waals surface area contributed by atoms with Crippen LogP contribution in [0.25, 0.3) is 0 Å². The van der Waals surface area contributed by atoms with Crippen LogP contribution in [-0.2, 0) is 0 Å². The zero-order chi connectivity index (χ0) is 13.2. The molecule has 19 heavy (non-hydrogen) atoms. The first-order valence-corrected chi connectivity index (χ1v) is 7.08. The fraction of sp³-hybridized carbons (Fsp3) is 0.500. The maximum absolute atomic E-state index is 4.44. The lowest BCUT2D eigenvalue weighted by Gasteiger charge is -2.35. The molecular weight excluding hydrogens is 260 g/mol. The normalized spacial score (nSPS) is 15.9. The zero-order valence-electron chi connectivity index (χ0n) is 11.1. The van der Waals surface area contributed by atoms with Gasteiger partial charge in [-0.05, 0) is 13.8 Å². The summed E-state index contributed by atoms with van der Waals surface area (Å²) in [5, 5.41) is 1.02. The lowest BCUT2D eigenvalue weighted by atomic mass is 10.2. The molecule has 6 nitrogen and oxygen atoms in total. The van der Waals surface area contributed by atoms with Crippen LogP contribution in [0, 0.1) is 13.8 Å². The fourth-order valence-corrected chi connectivity index (χ4v) is 2.97. The molecule has 7 heteroatoms. The average Bonchev–Trinajstić information content (AvgIpc) is 2.86. The van der Waals surface area contributed by atoms with Crippen LogP contribution < -0.4 is 9.80 Å². The first kappa shape index (κ1) is 12.3. The van der Waals surface area contributed by atoms with E-state index in [1.807, 2.05) is 13.1 Å². The van der Waals surface area contributed by atoms with E-state index in [2.05, 4.69) is 36.0 Å². The number of rotatable bonds is 2. The second-order valence-electron chi connectivity index (χ2n) is 4.63. The number of hydrogen-bond donors (Lipinski definition) is 0. The van der Waals surface area contributed by atoms with Gasteiger partial charge in [-0.1, -0.05) is 0 Å². The van der Waals surface area contributed by atoms with Crippen molar-refractivity contribution in [2.24, 2.45) is 0 Å². The molecule has 0 bridgehead atoms. The maximum Gasteiger partial charge on any atom is 0.205 e. The highest BCUT2D eigenvalue weighted by Gasteiger charge is 2.21. The van der Waals surface area contributed by atoms with Crippen LogP contribution >= 0.6 is 11.5 Å². The Balaban J connectivity index is 1.68. The van der Waals surface area contributed by atoms with Gasteiger partial charge < -0.3 is 9.80 Å². The molecule has 0 spiro atoms. The van der Waals surface area contributed by atoms with Crippen molar-refractivity contribution in [2.75, 3.05) is 36.0 Å². The summed E-state index contributed by atoms with van der Waals surface area (Å²) >= 11 is 1.48. The molecule has 0 radical (unpaired) electrons. The molecule has 0 atom stereocenters. The second-order valence-corrected chi connectivity index (χ2v) is 5.36. The lowest BCUT2D eigenvalue weighted by molar-refractivity contribution is 0.643. The highest BCUT2D eigenvalue weighted by atomic mass is 32.1. The van der Waals surface area contributed by atoms with Crippen molar-refractivity contribution in [2.45, 2.75) is 13.8 Å². The van der Waals surface area contributed by atoms with Crippen LogP contribution in [0.4, 0.5) is 10.9 Å². The SMILES string of the molecule is Cc1nsc(N2CCN(c3ncncc3C)CC2)n1. The monoisotopic (exact) mass is 276 g/mol. The van der Waals surface area contributed by atoms with Crippen LogP contribution in [0.5, 0.6) is 0 Å². The predicted molar refractivity (Wildman–Crippen MR) is 75.8 cm³/mol. The van der Waals surface area contributed by atoms with E-state index in [1.54, 1.807) is 6.33 Å². The third-order valence-corrected chi connectivity index (χ3v) is 4.10. The third kappa shape index (κ3) is 2.51. The number of aromatic nitrogens is 4. The van der Waals surface area contributed by atoms with Crippen molar-refractivity contribution in [1.82, 2.24) is 19.3 Å². The Kier molecular flexibility index (Phi) is 3.29. The van der Waals surface area contributed by atoms with Gasteiger partial charge in [-0.3, -0.25) is 0 Å². The topological polar surface area (TPSA) is 58.0 Å². The molecule has 1 aliphatic rings. The molecule has 1 aliphatic heterocycles. The number of hydrogen-bond acceptors (Lipinski definition) is 7. The van der Waals surface area contributed by atoms with Gasteiger partial charge in [0.05, 0.1) is 0 Å². The average molecular weight is 276 g/mol. The summed E-state index contributed by atoms with van der Waals surface area (Å²) in [6, 6.07) is 0.